The molecule has 0 aliphatic heterocycles. The number of nitrogens with zero attached hydrogens (tertiary/aromatic N) is 2. The number of hydrogen-bond donors (Lipinski definition) is 2. The Labute approximate surface area is 104 Å². The second-order valence-corrected chi connectivity index (χ2v) is 3.41. The van der Waals surface area contributed by atoms with Gasteiger partial charge in [0.25, 0.3) is 5.69 Å². The van der Waals surface area contributed by atoms with Crippen molar-refractivity contribution in [2.24, 2.45) is 5.84 Å². The van der Waals surface area contributed by atoms with Gasteiger partial charge in [0.2, 0.25) is 5.88 Å². The van der Waals surface area contributed by atoms with E-state index in [9.17, 15) is 10.1 Å². The molecule has 0 saturated carbocycles. The number of nitrogens with two attached hydrogens (primary N) is 1. The van der Waals surface area contributed by atoms with E-state index in [1.165, 1.54) is 12.1 Å². The molecule has 0 unspecified atom stereocenters. The monoisotopic (exact) mass is 256 g/mol. The Morgan fingerprint density at radius 3 is 2.83 bits per heavy atom. The molecule has 1 aromatic rings. The van der Waals surface area contributed by atoms with E-state index in [1.54, 1.807) is 0 Å². The normalized spacial score (nSPS) is 10.1. The number of nitrogen functional groups attached to an aromatic ring is 1. The summed E-state index contributed by atoms with van der Waals surface area (Å²) in [5.74, 6) is 5.48. The third kappa shape index (κ3) is 4.52. The molecule has 1 aromatic heterocycles. The maximum atomic E-state index is 10.7. The molecule has 100 valence electrons. The number of anilines is 1. The van der Waals surface area contributed by atoms with Crippen LogP contribution in [0.4, 0.5) is 11.5 Å². The molecule has 0 aliphatic rings. The molecule has 0 radical (unpaired) electrons. The summed E-state index contributed by atoms with van der Waals surface area (Å²) < 4.78 is 10.5. The van der Waals surface area contributed by atoms with Crippen molar-refractivity contribution >= 4 is 11.5 Å². The summed E-state index contributed by atoms with van der Waals surface area (Å²) in [6, 6.07) is 2.46. The second kappa shape index (κ2) is 7.41. The summed E-state index contributed by atoms with van der Waals surface area (Å²) in [6.45, 7) is 3.34. The molecule has 3 N–H and O–H groups in total. The average molecular weight is 256 g/mol. The fraction of sp³-hybridized carbons (Fsp3) is 0.500. The highest BCUT2D eigenvalue weighted by atomic mass is 16.6. The minimum absolute atomic E-state index is 0.136. The highest BCUT2D eigenvalue weighted by molar-refractivity contribution is 5.47. The molecule has 0 amide bonds. The molecule has 1 heterocycles. The molecule has 0 aliphatic carbocycles. The van der Waals surface area contributed by atoms with Crippen LogP contribution in [-0.2, 0) is 4.74 Å². The SMILES string of the molecule is CCCOCCOc1cc([N+](=O)[O-])cc(NN)n1. The van der Waals surface area contributed by atoms with Gasteiger partial charge in [0.05, 0.1) is 23.7 Å². The topological polar surface area (TPSA) is 113 Å². The quantitative estimate of drug-likeness (QED) is 0.309. The van der Waals surface area contributed by atoms with Crippen LogP contribution in [0.5, 0.6) is 5.88 Å². The van der Waals surface area contributed by atoms with Gasteiger partial charge in [-0.05, 0) is 6.42 Å². The Bertz CT molecular complexity index is 399. The van der Waals surface area contributed by atoms with Crippen LogP contribution in [0, 0.1) is 10.1 Å². The fourth-order valence-corrected chi connectivity index (χ4v) is 1.20. The Morgan fingerprint density at radius 2 is 2.22 bits per heavy atom. The summed E-state index contributed by atoms with van der Waals surface area (Å²) in [5, 5.41) is 10.7. The number of nitrogens with one attached hydrogen (secondary N) is 1. The van der Waals surface area contributed by atoms with Gasteiger partial charge in [0, 0.05) is 6.61 Å². The van der Waals surface area contributed by atoms with Crippen molar-refractivity contribution in [3.05, 3.63) is 22.2 Å². The molecule has 8 nitrogen and oxygen atoms in total. The molecular formula is C10H16N4O4. The Hall–Kier alpha value is -1.93. The van der Waals surface area contributed by atoms with Crippen LogP contribution < -0.4 is 16.0 Å². The molecule has 8 heteroatoms. The summed E-state index contributed by atoms with van der Waals surface area (Å²) in [7, 11) is 0. The lowest BCUT2D eigenvalue weighted by atomic mass is 10.4. The van der Waals surface area contributed by atoms with Crippen molar-refractivity contribution in [1.29, 1.82) is 0 Å². The first-order valence-electron chi connectivity index (χ1n) is 5.51. The van der Waals surface area contributed by atoms with Crippen molar-refractivity contribution < 1.29 is 14.4 Å². The standard InChI is InChI=1S/C10H16N4O4/c1-2-3-17-4-5-18-10-7-8(14(15)16)6-9(12-10)13-11/h6-7H,2-5,11H2,1H3,(H,12,13). The number of pyridine rings is 1. The van der Waals surface area contributed by atoms with Crippen molar-refractivity contribution in [2.45, 2.75) is 13.3 Å². The minimum Gasteiger partial charge on any atom is -0.475 e. The van der Waals surface area contributed by atoms with E-state index in [0.717, 1.165) is 6.42 Å². The van der Waals surface area contributed by atoms with Crippen molar-refractivity contribution in [3.8, 4) is 5.88 Å². The van der Waals surface area contributed by atoms with Gasteiger partial charge in [-0.2, -0.15) is 4.98 Å². The lowest BCUT2D eigenvalue weighted by molar-refractivity contribution is -0.384. The van der Waals surface area contributed by atoms with E-state index in [2.05, 4.69) is 10.4 Å². The van der Waals surface area contributed by atoms with E-state index in [1.807, 2.05) is 6.92 Å². The number of rotatable bonds is 8. The van der Waals surface area contributed by atoms with E-state index in [0.29, 0.717) is 13.2 Å². The average Bonchev–Trinajstić information content (AvgIpc) is 2.38. The lowest BCUT2D eigenvalue weighted by Gasteiger charge is -2.07. The highest BCUT2D eigenvalue weighted by Crippen LogP contribution is 2.21. The minimum atomic E-state index is -0.539. The van der Waals surface area contributed by atoms with Crippen molar-refractivity contribution in [2.75, 3.05) is 25.2 Å². The Kier molecular flexibility index (Phi) is 5.81. The van der Waals surface area contributed by atoms with Crippen LogP contribution >= 0.6 is 0 Å². The Balaban J connectivity index is 2.58. The number of nitro groups is 1. The number of ether oxygens (including phenoxy) is 2. The zero-order valence-electron chi connectivity index (χ0n) is 10.1. The van der Waals surface area contributed by atoms with Crippen LogP contribution in [0.25, 0.3) is 0 Å². The van der Waals surface area contributed by atoms with Crippen LogP contribution in [0.1, 0.15) is 13.3 Å². The first-order valence-corrected chi connectivity index (χ1v) is 5.51. The van der Waals surface area contributed by atoms with E-state index < -0.39 is 4.92 Å². The van der Waals surface area contributed by atoms with Gasteiger partial charge in [-0.25, -0.2) is 5.84 Å². The molecule has 0 fully saturated rings. The lowest BCUT2D eigenvalue weighted by Crippen LogP contribution is -2.11. The molecule has 0 aromatic carbocycles. The summed E-state index contributed by atoms with van der Waals surface area (Å²) in [5.41, 5.74) is 2.11. The van der Waals surface area contributed by atoms with Crippen LogP contribution in [0.2, 0.25) is 0 Å². The molecule has 0 spiro atoms. The van der Waals surface area contributed by atoms with Gasteiger partial charge in [-0.15, -0.1) is 0 Å². The van der Waals surface area contributed by atoms with Gasteiger partial charge in [-0.3, -0.25) is 10.1 Å². The van der Waals surface area contributed by atoms with Gasteiger partial charge < -0.3 is 14.9 Å². The molecule has 1 rings (SSSR count). The summed E-state index contributed by atoms with van der Waals surface area (Å²) in [4.78, 5) is 14.1. The zero-order chi connectivity index (χ0) is 13.4. The van der Waals surface area contributed by atoms with Crippen LogP contribution in [-0.4, -0.2) is 29.7 Å². The van der Waals surface area contributed by atoms with E-state index in [-0.39, 0.29) is 24.0 Å². The number of aromatic nitrogens is 1. The van der Waals surface area contributed by atoms with Crippen LogP contribution in [0.15, 0.2) is 12.1 Å². The van der Waals surface area contributed by atoms with E-state index in [4.69, 9.17) is 15.3 Å². The smallest absolute Gasteiger partial charge is 0.278 e. The molecule has 0 saturated heterocycles. The predicted molar refractivity (Wildman–Crippen MR) is 65.3 cm³/mol. The number of hydrogen-bond acceptors (Lipinski definition) is 7. The van der Waals surface area contributed by atoms with Gasteiger partial charge in [0.1, 0.15) is 6.61 Å². The highest BCUT2D eigenvalue weighted by Gasteiger charge is 2.11. The maximum Gasteiger partial charge on any atom is 0.278 e. The Morgan fingerprint density at radius 1 is 1.44 bits per heavy atom. The largest absolute Gasteiger partial charge is 0.475 e. The van der Waals surface area contributed by atoms with Gasteiger partial charge in [0.15, 0.2) is 5.82 Å². The predicted octanol–water partition coefficient (Wildman–Crippen LogP) is 1.08. The van der Waals surface area contributed by atoms with Gasteiger partial charge in [-0.1, -0.05) is 6.92 Å². The number of hydrazine groups is 1. The third-order valence-electron chi connectivity index (χ3n) is 1.97. The fourth-order valence-electron chi connectivity index (χ4n) is 1.20. The molecule has 0 atom stereocenters. The third-order valence-corrected chi connectivity index (χ3v) is 1.97. The first-order chi connectivity index (χ1) is 8.67. The van der Waals surface area contributed by atoms with Crippen LogP contribution in [0.3, 0.4) is 0 Å². The molecule has 0 bridgehead atoms. The van der Waals surface area contributed by atoms with Gasteiger partial charge >= 0.3 is 0 Å². The molecule has 18 heavy (non-hydrogen) atoms. The first kappa shape index (κ1) is 14.1. The van der Waals surface area contributed by atoms with Crippen molar-refractivity contribution in [3.63, 3.8) is 0 Å². The van der Waals surface area contributed by atoms with Crippen molar-refractivity contribution in [1.82, 2.24) is 4.98 Å². The molecular weight excluding hydrogens is 240 g/mol. The second-order valence-electron chi connectivity index (χ2n) is 3.41. The summed E-state index contributed by atoms with van der Waals surface area (Å²) >= 11 is 0. The van der Waals surface area contributed by atoms with E-state index >= 15 is 0 Å². The zero-order valence-corrected chi connectivity index (χ0v) is 10.1. The maximum absolute atomic E-state index is 10.7. The summed E-state index contributed by atoms with van der Waals surface area (Å²) in [6.07, 6.45) is 0.927.